The smallest absolute Gasteiger partial charge is 0.223 e. The fraction of sp³-hybridized carbons (Fsp3) is 0.556. The Morgan fingerprint density at radius 2 is 2.00 bits per heavy atom. The molecule has 1 aromatic carbocycles. The minimum atomic E-state index is 0.239. The molecule has 2 heterocycles. The van der Waals surface area contributed by atoms with Gasteiger partial charge in [0.05, 0.1) is 11.0 Å². The molecule has 0 saturated carbocycles. The Hall–Kier alpha value is -1.84. The lowest BCUT2D eigenvalue weighted by Gasteiger charge is -2.16. The van der Waals surface area contributed by atoms with Crippen LogP contribution in [0.25, 0.3) is 11.0 Å². The van der Waals surface area contributed by atoms with E-state index in [2.05, 4.69) is 36.6 Å². The Kier molecular flexibility index (Phi) is 4.46. The van der Waals surface area contributed by atoms with Crippen molar-refractivity contribution in [3.8, 4) is 0 Å². The van der Waals surface area contributed by atoms with Crippen molar-refractivity contribution in [1.82, 2.24) is 14.5 Å². The molecule has 2 aromatic rings. The monoisotopic (exact) mass is 299 g/mol. The van der Waals surface area contributed by atoms with Crippen molar-refractivity contribution >= 4 is 16.9 Å². The van der Waals surface area contributed by atoms with E-state index in [0.717, 1.165) is 50.2 Å². The molecule has 0 aliphatic carbocycles. The number of benzene rings is 1. The van der Waals surface area contributed by atoms with Gasteiger partial charge in [-0.1, -0.05) is 32.4 Å². The third-order valence-electron chi connectivity index (χ3n) is 4.49. The van der Waals surface area contributed by atoms with Gasteiger partial charge in [-0.2, -0.15) is 0 Å². The maximum absolute atomic E-state index is 12.2. The SMILES string of the molecule is CCCCN1CC(c2nc3ccccc3n2CCC)CC1=O. The molecule has 0 radical (unpaired) electrons. The number of unbranched alkanes of at least 4 members (excludes halogenated alkanes) is 1. The second-order valence-electron chi connectivity index (χ2n) is 6.20. The van der Waals surface area contributed by atoms with E-state index in [-0.39, 0.29) is 11.8 Å². The molecular weight excluding hydrogens is 274 g/mol. The Bertz CT molecular complexity index is 661. The van der Waals surface area contributed by atoms with Crippen molar-refractivity contribution < 1.29 is 4.79 Å². The molecule has 1 aromatic heterocycles. The number of nitrogens with zero attached hydrogens (tertiary/aromatic N) is 3. The number of likely N-dealkylation sites (tertiary alicyclic amines) is 1. The number of rotatable bonds is 6. The summed E-state index contributed by atoms with van der Waals surface area (Å²) in [7, 11) is 0. The average Bonchev–Trinajstić information content (AvgIpc) is 3.07. The van der Waals surface area contributed by atoms with Crippen LogP contribution in [0.2, 0.25) is 0 Å². The predicted octanol–water partition coefficient (Wildman–Crippen LogP) is 3.56. The molecule has 1 aliphatic rings. The molecule has 1 saturated heterocycles. The summed E-state index contributed by atoms with van der Waals surface area (Å²) < 4.78 is 2.32. The summed E-state index contributed by atoms with van der Waals surface area (Å²) in [5.41, 5.74) is 2.24. The highest BCUT2D eigenvalue weighted by Crippen LogP contribution is 2.30. The first-order chi connectivity index (χ1) is 10.7. The van der Waals surface area contributed by atoms with E-state index in [1.807, 2.05) is 11.0 Å². The summed E-state index contributed by atoms with van der Waals surface area (Å²) in [5.74, 6) is 1.62. The number of hydrogen-bond acceptors (Lipinski definition) is 2. The fourth-order valence-electron chi connectivity index (χ4n) is 3.37. The highest BCUT2D eigenvalue weighted by atomic mass is 16.2. The lowest BCUT2D eigenvalue weighted by Crippen LogP contribution is -2.26. The predicted molar refractivity (Wildman–Crippen MR) is 88.9 cm³/mol. The van der Waals surface area contributed by atoms with Crippen LogP contribution < -0.4 is 0 Å². The molecule has 4 heteroatoms. The van der Waals surface area contributed by atoms with Crippen molar-refractivity contribution in [2.75, 3.05) is 13.1 Å². The summed E-state index contributed by atoms with van der Waals surface area (Å²) in [6, 6.07) is 8.29. The summed E-state index contributed by atoms with van der Waals surface area (Å²) in [6.45, 7) is 7.03. The first-order valence-corrected chi connectivity index (χ1v) is 8.47. The number of carbonyl (C=O) groups is 1. The molecule has 1 amide bonds. The van der Waals surface area contributed by atoms with Gasteiger partial charge in [0, 0.05) is 32.0 Å². The summed E-state index contributed by atoms with van der Waals surface area (Å²) in [6.07, 6.45) is 3.90. The van der Waals surface area contributed by atoms with Crippen LogP contribution in [-0.2, 0) is 11.3 Å². The van der Waals surface area contributed by atoms with Crippen molar-refractivity contribution in [3.63, 3.8) is 0 Å². The quantitative estimate of drug-likeness (QED) is 0.818. The Morgan fingerprint density at radius 3 is 2.77 bits per heavy atom. The minimum Gasteiger partial charge on any atom is -0.342 e. The van der Waals surface area contributed by atoms with Gasteiger partial charge in [0.2, 0.25) is 5.91 Å². The van der Waals surface area contributed by atoms with Gasteiger partial charge in [-0.25, -0.2) is 4.98 Å². The zero-order chi connectivity index (χ0) is 15.5. The first kappa shape index (κ1) is 15.1. The fourth-order valence-corrected chi connectivity index (χ4v) is 3.37. The maximum atomic E-state index is 12.2. The molecule has 1 fully saturated rings. The number of para-hydroxylation sites is 2. The number of amides is 1. The topological polar surface area (TPSA) is 38.1 Å². The molecule has 1 atom stereocenters. The number of carbonyl (C=O) groups excluding carboxylic acids is 1. The molecular formula is C18H25N3O. The van der Waals surface area contributed by atoms with E-state index in [0.29, 0.717) is 6.42 Å². The molecule has 0 spiro atoms. The van der Waals surface area contributed by atoms with Gasteiger partial charge in [-0.3, -0.25) is 4.79 Å². The van der Waals surface area contributed by atoms with E-state index < -0.39 is 0 Å². The number of fused-ring (bicyclic) bond motifs is 1. The van der Waals surface area contributed by atoms with Gasteiger partial charge in [0.1, 0.15) is 5.82 Å². The molecule has 4 nitrogen and oxygen atoms in total. The van der Waals surface area contributed by atoms with Crippen LogP contribution in [0.4, 0.5) is 0 Å². The second kappa shape index (κ2) is 6.51. The van der Waals surface area contributed by atoms with Crippen LogP contribution in [0.3, 0.4) is 0 Å². The van der Waals surface area contributed by atoms with Gasteiger partial charge < -0.3 is 9.47 Å². The van der Waals surface area contributed by atoms with Gasteiger partial charge in [0.25, 0.3) is 0 Å². The number of aromatic nitrogens is 2. The molecule has 1 aliphatic heterocycles. The van der Waals surface area contributed by atoms with Gasteiger partial charge in [-0.15, -0.1) is 0 Å². The largest absolute Gasteiger partial charge is 0.342 e. The van der Waals surface area contributed by atoms with E-state index in [1.54, 1.807) is 0 Å². The lowest BCUT2D eigenvalue weighted by molar-refractivity contribution is -0.127. The third-order valence-corrected chi connectivity index (χ3v) is 4.49. The summed E-state index contributed by atoms with van der Waals surface area (Å²) in [4.78, 5) is 19.1. The summed E-state index contributed by atoms with van der Waals surface area (Å²) in [5, 5.41) is 0. The van der Waals surface area contributed by atoms with Crippen LogP contribution in [0, 0.1) is 0 Å². The second-order valence-corrected chi connectivity index (χ2v) is 6.20. The normalized spacial score (nSPS) is 18.5. The number of aryl methyl sites for hydroxylation is 1. The van der Waals surface area contributed by atoms with E-state index >= 15 is 0 Å². The van der Waals surface area contributed by atoms with Crippen LogP contribution in [0.5, 0.6) is 0 Å². The zero-order valence-corrected chi connectivity index (χ0v) is 13.6. The standard InChI is InChI=1S/C18H25N3O/c1-3-5-11-20-13-14(12-17(20)22)18-19-15-8-6-7-9-16(15)21(18)10-4-2/h6-9,14H,3-5,10-13H2,1-2H3. The molecule has 22 heavy (non-hydrogen) atoms. The van der Waals surface area contributed by atoms with Gasteiger partial charge in [0.15, 0.2) is 0 Å². The molecule has 3 rings (SSSR count). The molecule has 118 valence electrons. The van der Waals surface area contributed by atoms with Crippen LogP contribution in [0.1, 0.15) is 51.3 Å². The zero-order valence-electron chi connectivity index (χ0n) is 13.6. The van der Waals surface area contributed by atoms with E-state index in [4.69, 9.17) is 4.98 Å². The van der Waals surface area contributed by atoms with Crippen LogP contribution >= 0.6 is 0 Å². The van der Waals surface area contributed by atoms with E-state index in [9.17, 15) is 4.79 Å². The molecule has 0 N–H and O–H groups in total. The first-order valence-electron chi connectivity index (χ1n) is 8.47. The van der Waals surface area contributed by atoms with Crippen LogP contribution in [0.15, 0.2) is 24.3 Å². The van der Waals surface area contributed by atoms with Crippen molar-refractivity contribution in [2.45, 2.75) is 52.0 Å². The maximum Gasteiger partial charge on any atom is 0.223 e. The molecule has 1 unspecified atom stereocenters. The van der Waals surface area contributed by atoms with Crippen LogP contribution in [-0.4, -0.2) is 33.4 Å². The third kappa shape index (κ3) is 2.74. The van der Waals surface area contributed by atoms with Crippen molar-refractivity contribution in [2.24, 2.45) is 0 Å². The highest BCUT2D eigenvalue weighted by molar-refractivity contribution is 5.80. The van der Waals surface area contributed by atoms with Crippen molar-refractivity contribution in [1.29, 1.82) is 0 Å². The lowest BCUT2D eigenvalue weighted by atomic mass is 10.1. The minimum absolute atomic E-state index is 0.239. The number of hydrogen-bond donors (Lipinski definition) is 0. The number of imidazole rings is 1. The Labute approximate surface area is 132 Å². The Balaban J connectivity index is 1.90. The van der Waals surface area contributed by atoms with Gasteiger partial charge >= 0.3 is 0 Å². The Morgan fingerprint density at radius 1 is 1.18 bits per heavy atom. The molecule has 0 bridgehead atoms. The van der Waals surface area contributed by atoms with Crippen molar-refractivity contribution in [3.05, 3.63) is 30.1 Å². The summed E-state index contributed by atoms with van der Waals surface area (Å²) >= 11 is 0. The van der Waals surface area contributed by atoms with E-state index in [1.165, 1.54) is 5.52 Å². The average molecular weight is 299 g/mol. The highest BCUT2D eigenvalue weighted by Gasteiger charge is 2.33. The van der Waals surface area contributed by atoms with Gasteiger partial charge in [-0.05, 0) is 25.0 Å².